The van der Waals surface area contributed by atoms with Gasteiger partial charge in [-0.05, 0) is 70.7 Å². The number of nitrogens with zero attached hydrogens (tertiary/aromatic N) is 3. The number of hydrogen-bond acceptors (Lipinski definition) is 5. The molecule has 8 heteroatoms. The molecule has 164 valence electrons. The SMILES string of the molecule is CCN(c1ccc(OC(C)C)cc1)c1ncc(C(F)(F)F)c(OC2CCCCC2)n1. The number of anilines is 2. The highest BCUT2D eigenvalue weighted by Crippen LogP contribution is 2.37. The average Bonchev–Trinajstić information content (AvgIpc) is 2.69. The van der Waals surface area contributed by atoms with Crippen molar-refractivity contribution in [2.75, 3.05) is 11.4 Å². The van der Waals surface area contributed by atoms with Crippen LogP contribution < -0.4 is 14.4 Å². The van der Waals surface area contributed by atoms with E-state index in [1.54, 1.807) is 4.90 Å². The standard InChI is InChI=1S/C22H28F3N3O2/c1-4-28(16-10-12-18(13-11-16)29-15(2)3)21-26-14-19(22(23,24)25)20(27-21)30-17-8-6-5-7-9-17/h10-15,17H,4-9H2,1-3H3. The molecular weight excluding hydrogens is 395 g/mol. The summed E-state index contributed by atoms with van der Waals surface area (Å²) in [5.41, 5.74) is -0.175. The van der Waals surface area contributed by atoms with Crippen LogP contribution in [-0.4, -0.2) is 28.7 Å². The number of hydrogen-bond donors (Lipinski definition) is 0. The van der Waals surface area contributed by atoms with Gasteiger partial charge >= 0.3 is 6.18 Å². The average molecular weight is 423 g/mol. The Hall–Kier alpha value is -2.51. The van der Waals surface area contributed by atoms with Crippen LogP contribution in [0.3, 0.4) is 0 Å². The van der Waals surface area contributed by atoms with E-state index < -0.39 is 17.6 Å². The highest BCUT2D eigenvalue weighted by atomic mass is 19.4. The molecule has 1 aliphatic carbocycles. The third kappa shape index (κ3) is 5.55. The van der Waals surface area contributed by atoms with Gasteiger partial charge in [0.2, 0.25) is 11.8 Å². The van der Waals surface area contributed by atoms with E-state index in [0.717, 1.165) is 49.7 Å². The molecule has 1 aliphatic rings. The molecule has 0 aliphatic heterocycles. The lowest BCUT2D eigenvalue weighted by atomic mass is 9.98. The first kappa shape index (κ1) is 22.2. The summed E-state index contributed by atoms with van der Waals surface area (Å²) in [6, 6.07) is 7.32. The van der Waals surface area contributed by atoms with Gasteiger partial charge in [0.05, 0.1) is 6.10 Å². The van der Waals surface area contributed by atoms with Gasteiger partial charge in [0.1, 0.15) is 17.4 Å². The molecule has 1 aromatic heterocycles. The second-order valence-electron chi connectivity index (χ2n) is 7.67. The Labute approximate surface area is 175 Å². The van der Waals surface area contributed by atoms with Crippen molar-refractivity contribution >= 4 is 11.6 Å². The number of ether oxygens (including phenoxy) is 2. The number of alkyl halides is 3. The summed E-state index contributed by atoms with van der Waals surface area (Å²) in [5.74, 6) is 0.505. The Morgan fingerprint density at radius 1 is 1.10 bits per heavy atom. The van der Waals surface area contributed by atoms with Gasteiger partial charge in [-0.2, -0.15) is 18.2 Å². The first-order valence-corrected chi connectivity index (χ1v) is 10.4. The molecule has 0 unspecified atom stereocenters. The third-order valence-electron chi connectivity index (χ3n) is 4.95. The Bertz CT molecular complexity index is 819. The molecule has 5 nitrogen and oxygen atoms in total. The largest absolute Gasteiger partial charge is 0.491 e. The van der Waals surface area contributed by atoms with Crippen molar-refractivity contribution in [3.8, 4) is 11.6 Å². The summed E-state index contributed by atoms with van der Waals surface area (Å²) in [6.45, 7) is 6.26. The van der Waals surface area contributed by atoms with E-state index in [1.807, 2.05) is 45.0 Å². The van der Waals surface area contributed by atoms with E-state index in [1.165, 1.54) is 0 Å². The molecule has 2 aromatic rings. The van der Waals surface area contributed by atoms with Crippen LogP contribution in [-0.2, 0) is 6.18 Å². The zero-order valence-electron chi connectivity index (χ0n) is 17.6. The smallest absolute Gasteiger partial charge is 0.423 e. The first-order chi connectivity index (χ1) is 14.3. The molecule has 0 N–H and O–H groups in total. The van der Waals surface area contributed by atoms with Crippen LogP contribution in [0.4, 0.5) is 24.8 Å². The number of rotatable bonds is 7. The molecule has 0 amide bonds. The molecule has 0 radical (unpaired) electrons. The zero-order chi connectivity index (χ0) is 21.7. The maximum atomic E-state index is 13.5. The highest BCUT2D eigenvalue weighted by molar-refractivity contribution is 5.58. The summed E-state index contributed by atoms with van der Waals surface area (Å²) in [4.78, 5) is 9.94. The van der Waals surface area contributed by atoms with Gasteiger partial charge in [0.25, 0.3) is 0 Å². The Kier molecular flexibility index (Phi) is 7.05. The van der Waals surface area contributed by atoms with Gasteiger partial charge in [-0.15, -0.1) is 0 Å². The number of benzene rings is 1. The van der Waals surface area contributed by atoms with E-state index in [4.69, 9.17) is 9.47 Å². The molecule has 0 atom stereocenters. The summed E-state index contributed by atoms with van der Waals surface area (Å²) in [7, 11) is 0. The second-order valence-corrected chi connectivity index (χ2v) is 7.67. The predicted molar refractivity (Wildman–Crippen MR) is 109 cm³/mol. The van der Waals surface area contributed by atoms with Crippen LogP contribution in [0.15, 0.2) is 30.5 Å². The topological polar surface area (TPSA) is 47.5 Å². The summed E-state index contributed by atoms with van der Waals surface area (Å²) in [5, 5.41) is 0. The third-order valence-corrected chi connectivity index (χ3v) is 4.95. The van der Waals surface area contributed by atoms with Gasteiger partial charge in [-0.1, -0.05) is 6.42 Å². The maximum Gasteiger partial charge on any atom is 0.423 e. The molecule has 1 fully saturated rings. The minimum atomic E-state index is -4.57. The molecular formula is C22H28F3N3O2. The van der Waals surface area contributed by atoms with Crippen molar-refractivity contribution in [3.63, 3.8) is 0 Å². The highest BCUT2D eigenvalue weighted by Gasteiger charge is 2.37. The normalized spacial score (nSPS) is 15.3. The van der Waals surface area contributed by atoms with Crippen LogP contribution in [0.25, 0.3) is 0 Å². The van der Waals surface area contributed by atoms with Crippen LogP contribution >= 0.6 is 0 Å². The number of halogens is 3. The van der Waals surface area contributed by atoms with Gasteiger partial charge in [0.15, 0.2) is 0 Å². The Morgan fingerprint density at radius 2 is 1.77 bits per heavy atom. The lowest BCUT2D eigenvalue weighted by Crippen LogP contribution is -2.24. The molecule has 30 heavy (non-hydrogen) atoms. The summed E-state index contributed by atoms with van der Waals surface area (Å²) < 4.78 is 51.9. The zero-order valence-corrected chi connectivity index (χ0v) is 17.6. The fourth-order valence-corrected chi connectivity index (χ4v) is 3.53. The monoisotopic (exact) mass is 423 g/mol. The van der Waals surface area contributed by atoms with E-state index in [9.17, 15) is 13.2 Å². The summed E-state index contributed by atoms with van der Waals surface area (Å²) >= 11 is 0. The van der Waals surface area contributed by atoms with Crippen molar-refractivity contribution in [2.24, 2.45) is 0 Å². The fraction of sp³-hybridized carbons (Fsp3) is 0.545. The Balaban J connectivity index is 1.90. The van der Waals surface area contributed by atoms with Crippen molar-refractivity contribution < 1.29 is 22.6 Å². The van der Waals surface area contributed by atoms with E-state index >= 15 is 0 Å². The van der Waals surface area contributed by atoms with Crippen LogP contribution in [0.5, 0.6) is 11.6 Å². The Morgan fingerprint density at radius 3 is 2.33 bits per heavy atom. The fourth-order valence-electron chi connectivity index (χ4n) is 3.53. The molecule has 1 saturated carbocycles. The summed E-state index contributed by atoms with van der Waals surface area (Å²) in [6.07, 6.45) is 0.527. The minimum Gasteiger partial charge on any atom is -0.491 e. The van der Waals surface area contributed by atoms with Crippen molar-refractivity contribution in [2.45, 2.75) is 71.3 Å². The van der Waals surface area contributed by atoms with E-state index in [-0.39, 0.29) is 18.2 Å². The van der Waals surface area contributed by atoms with Gasteiger partial charge < -0.3 is 14.4 Å². The quantitative estimate of drug-likeness (QED) is 0.534. The van der Waals surface area contributed by atoms with Gasteiger partial charge in [-0.3, -0.25) is 0 Å². The van der Waals surface area contributed by atoms with Crippen molar-refractivity contribution in [1.29, 1.82) is 0 Å². The molecule has 3 rings (SSSR count). The second kappa shape index (κ2) is 9.53. The van der Waals surface area contributed by atoms with Crippen LogP contribution in [0.2, 0.25) is 0 Å². The number of aromatic nitrogens is 2. The van der Waals surface area contributed by atoms with Crippen LogP contribution in [0, 0.1) is 0 Å². The molecule has 1 aromatic carbocycles. The lowest BCUT2D eigenvalue weighted by molar-refractivity contribution is -0.140. The van der Waals surface area contributed by atoms with Crippen LogP contribution in [0.1, 0.15) is 58.4 Å². The van der Waals surface area contributed by atoms with E-state index in [0.29, 0.717) is 6.54 Å². The maximum absolute atomic E-state index is 13.5. The molecule has 0 spiro atoms. The molecule has 0 bridgehead atoms. The predicted octanol–water partition coefficient (Wildman–Crippen LogP) is 6.15. The van der Waals surface area contributed by atoms with Crippen molar-refractivity contribution in [1.82, 2.24) is 9.97 Å². The van der Waals surface area contributed by atoms with Crippen molar-refractivity contribution in [3.05, 3.63) is 36.0 Å². The molecule has 0 saturated heterocycles. The minimum absolute atomic E-state index is 0.0517. The molecule has 1 heterocycles. The van der Waals surface area contributed by atoms with E-state index in [2.05, 4.69) is 9.97 Å². The van der Waals surface area contributed by atoms with Gasteiger partial charge in [-0.25, -0.2) is 4.98 Å². The lowest BCUT2D eigenvalue weighted by Gasteiger charge is -2.26. The van der Waals surface area contributed by atoms with Gasteiger partial charge in [0, 0.05) is 18.4 Å². The first-order valence-electron chi connectivity index (χ1n) is 10.4.